The number of aryl methyl sites for hydroxylation is 1. The van der Waals surface area contributed by atoms with Gasteiger partial charge in [0.05, 0.1) is 12.2 Å². The number of carbonyl (C=O) groups is 1. The van der Waals surface area contributed by atoms with E-state index in [1.165, 1.54) is 6.07 Å². The van der Waals surface area contributed by atoms with Gasteiger partial charge in [0.15, 0.2) is 0 Å². The van der Waals surface area contributed by atoms with Gasteiger partial charge >= 0.3 is 0 Å². The van der Waals surface area contributed by atoms with E-state index >= 15 is 0 Å². The molecule has 1 aromatic carbocycles. The number of rotatable bonds is 3. The topological polar surface area (TPSA) is 72.1 Å². The zero-order chi connectivity index (χ0) is 14.8. The molecule has 6 heteroatoms. The van der Waals surface area contributed by atoms with Crippen molar-refractivity contribution in [2.24, 2.45) is 0 Å². The molecule has 5 nitrogen and oxygen atoms in total. The highest BCUT2D eigenvalue weighted by molar-refractivity contribution is 5.77. The Bertz CT molecular complexity index is 689. The Kier molecular flexibility index (Phi) is 3.51. The van der Waals surface area contributed by atoms with Crippen LogP contribution in [0.15, 0.2) is 30.5 Å². The Morgan fingerprint density at radius 3 is 2.95 bits per heavy atom. The molecule has 0 radical (unpaired) electrons. The summed E-state index contributed by atoms with van der Waals surface area (Å²) in [6.07, 6.45) is 2.33. The number of hydrogen-bond donors (Lipinski definition) is 1. The lowest BCUT2D eigenvalue weighted by atomic mass is 10.1. The van der Waals surface area contributed by atoms with Gasteiger partial charge in [-0.1, -0.05) is 18.2 Å². The summed E-state index contributed by atoms with van der Waals surface area (Å²) in [6, 6.07) is 6.52. The summed E-state index contributed by atoms with van der Waals surface area (Å²) in [4.78, 5) is 22.0. The number of benzene rings is 1. The number of halogens is 1. The lowest BCUT2D eigenvalue weighted by molar-refractivity contribution is -0.131. The minimum atomic E-state index is -0.270. The monoisotopic (exact) mass is 286 g/mol. The normalized spacial score (nSPS) is 13.3. The molecule has 0 fully saturated rings. The first-order valence-electron chi connectivity index (χ1n) is 6.75. The van der Waals surface area contributed by atoms with E-state index in [0.29, 0.717) is 25.1 Å². The molecule has 3 rings (SSSR count). The van der Waals surface area contributed by atoms with E-state index in [0.717, 1.165) is 11.3 Å². The largest absolute Gasteiger partial charge is 0.368 e. The first-order chi connectivity index (χ1) is 10.1. The Morgan fingerprint density at radius 1 is 1.33 bits per heavy atom. The number of carbonyl (C=O) groups excluding carboxylic acids is 1. The second-order valence-electron chi connectivity index (χ2n) is 5.04. The predicted octanol–water partition coefficient (Wildman–Crippen LogP) is 1.67. The maximum Gasteiger partial charge on any atom is 0.223 e. The zero-order valence-corrected chi connectivity index (χ0v) is 11.4. The van der Waals surface area contributed by atoms with Crippen LogP contribution in [0.25, 0.3) is 0 Å². The van der Waals surface area contributed by atoms with Crippen LogP contribution in [-0.4, -0.2) is 20.8 Å². The number of hydrogen-bond acceptors (Lipinski definition) is 4. The van der Waals surface area contributed by atoms with Gasteiger partial charge < -0.3 is 10.6 Å². The molecule has 1 aromatic heterocycles. The van der Waals surface area contributed by atoms with E-state index in [1.54, 1.807) is 29.3 Å². The Balaban J connectivity index is 1.62. The van der Waals surface area contributed by atoms with Gasteiger partial charge in [-0.2, -0.15) is 0 Å². The van der Waals surface area contributed by atoms with Gasteiger partial charge in [0.25, 0.3) is 0 Å². The van der Waals surface area contributed by atoms with Crippen LogP contribution in [0.2, 0.25) is 0 Å². The van der Waals surface area contributed by atoms with E-state index in [4.69, 9.17) is 5.73 Å². The molecule has 1 amide bonds. The van der Waals surface area contributed by atoms with Crippen LogP contribution < -0.4 is 5.73 Å². The van der Waals surface area contributed by atoms with E-state index in [2.05, 4.69) is 9.97 Å². The summed E-state index contributed by atoms with van der Waals surface area (Å²) < 4.78 is 13.5. The van der Waals surface area contributed by atoms with Gasteiger partial charge in [-0.05, 0) is 18.1 Å². The summed E-state index contributed by atoms with van der Waals surface area (Å²) in [5.74, 6) is -0.0714. The molecule has 2 N–H and O–H groups in total. The van der Waals surface area contributed by atoms with Crippen LogP contribution in [0, 0.1) is 5.82 Å². The molecule has 0 spiro atoms. The number of anilines is 1. The summed E-state index contributed by atoms with van der Waals surface area (Å²) in [6.45, 7) is 0.934. The number of nitrogen functional groups attached to an aromatic ring is 1. The molecule has 0 aliphatic carbocycles. The maximum atomic E-state index is 13.5. The number of fused-ring (bicyclic) bond motifs is 1. The molecular weight excluding hydrogens is 271 g/mol. The van der Waals surface area contributed by atoms with Crippen molar-refractivity contribution in [1.82, 2.24) is 14.9 Å². The fourth-order valence-corrected chi connectivity index (χ4v) is 2.45. The Labute approximate surface area is 121 Å². The molecule has 1 aliphatic heterocycles. The number of amides is 1. The maximum absolute atomic E-state index is 13.5. The van der Waals surface area contributed by atoms with E-state index in [1.807, 2.05) is 0 Å². The molecule has 0 saturated heterocycles. The van der Waals surface area contributed by atoms with Gasteiger partial charge in [0, 0.05) is 24.7 Å². The van der Waals surface area contributed by atoms with E-state index in [9.17, 15) is 9.18 Å². The van der Waals surface area contributed by atoms with Gasteiger partial charge in [0.1, 0.15) is 5.82 Å². The van der Waals surface area contributed by atoms with Crippen molar-refractivity contribution in [2.45, 2.75) is 25.9 Å². The quantitative estimate of drug-likeness (QED) is 0.931. The third-order valence-electron chi connectivity index (χ3n) is 3.59. The molecule has 2 heterocycles. The average molecular weight is 286 g/mol. The van der Waals surface area contributed by atoms with Crippen molar-refractivity contribution in [1.29, 1.82) is 0 Å². The van der Waals surface area contributed by atoms with Crippen molar-refractivity contribution in [2.75, 3.05) is 5.73 Å². The van der Waals surface area contributed by atoms with Crippen LogP contribution in [-0.2, 0) is 24.3 Å². The SMILES string of the molecule is Nc1ncc2c(n1)CN(C(=O)CCc1ccccc1F)C2. The average Bonchev–Trinajstić information content (AvgIpc) is 2.89. The fraction of sp³-hybridized carbons (Fsp3) is 0.267. The van der Waals surface area contributed by atoms with Gasteiger partial charge in [-0.3, -0.25) is 4.79 Å². The Hall–Kier alpha value is -2.50. The van der Waals surface area contributed by atoms with Gasteiger partial charge in [0.2, 0.25) is 11.9 Å². The minimum absolute atomic E-state index is 0.0187. The standard InChI is InChI=1S/C15H15FN4O/c16-12-4-2-1-3-10(12)5-6-14(21)20-8-11-7-18-15(17)19-13(11)9-20/h1-4,7H,5-6,8-9H2,(H2,17,18,19). The third kappa shape index (κ3) is 2.84. The third-order valence-corrected chi connectivity index (χ3v) is 3.59. The molecular formula is C15H15FN4O. The second-order valence-corrected chi connectivity index (χ2v) is 5.04. The lowest BCUT2D eigenvalue weighted by Crippen LogP contribution is -2.25. The van der Waals surface area contributed by atoms with E-state index < -0.39 is 0 Å². The summed E-state index contributed by atoms with van der Waals surface area (Å²) in [5, 5.41) is 0. The van der Waals surface area contributed by atoms with Crippen LogP contribution in [0.3, 0.4) is 0 Å². The Morgan fingerprint density at radius 2 is 2.14 bits per heavy atom. The summed E-state index contributed by atoms with van der Waals surface area (Å²) in [7, 11) is 0. The predicted molar refractivity (Wildman–Crippen MR) is 75.4 cm³/mol. The van der Waals surface area contributed by atoms with Crippen LogP contribution in [0.1, 0.15) is 23.2 Å². The molecule has 0 saturated carbocycles. The van der Waals surface area contributed by atoms with Crippen molar-refractivity contribution < 1.29 is 9.18 Å². The molecule has 1 aliphatic rings. The van der Waals surface area contributed by atoms with E-state index in [-0.39, 0.29) is 24.1 Å². The number of aromatic nitrogens is 2. The van der Waals surface area contributed by atoms with Crippen molar-refractivity contribution >= 4 is 11.9 Å². The minimum Gasteiger partial charge on any atom is -0.368 e. The molecule has 0 atom stereocenters. The van der Waals surface area contributed by atoms with Gasteiger partial charge in [-0.15, -0.1) is 0 Å². The zero-order valence-electron chi connectivity index (χ0n) is 11.4. The molecule has 0 unspecified atom stereocenters. The first kappa shape index (κ1) is 13.5. The first-order valence-corrected chi connectivity index (χ1v) is 6.75. The highest BCUT2D eigenvalue weighted by atomic mass is 19.1. The summed E-state index contributed by atoms with van der Waals surface area (Å²) in [5.41, 5.74) is 7.81. The highest BCUT2D eigenvalue weighted by Crippen LogP contribution is 2.22. The molecule has 0 bridgehead atoms. The van der Waals surface area contributed by atoms with Crippen molar-refractivity contribution in [3.8, 4) is 0 Å². The fourth-order valence-electron chi connectivity index (χ4n) is 2.45. The van der Waals surface area contributed by atoms with Gasteiger partial charge in [-0.25, -0.2) is 14.4 Å². The second kappa shape index (κ2) is 5.47. The van der Waals surface area contributed by atoms with Crippen LogP contribution in [0.5, 0.6) is 0 Å². The molecule has 2 aromatic rings. The van der Waals surface area contributed by atoms with Crippen molar-refractivity contribution in [3.05, 3.63) is 53.1 Å². The molecule has 108 valence electrons. The van der Waals surface area contributed by atoms with Crippen LogP contribution in [0.4, 0.5) is 10.3 Å². The molecule has 21 heavy (non-hydrogen) atoms. The van der Waals surface area contributed by atoms with Crippen LogP contribution >= 0.6 is 0 Å². The highest BCUT2D eigenvalue weighted by Gasteiger charge is 2.24. The number of nitrogens with zero attached hydrogens (tertiary/aromatic N) is 3. The smallest absolute Gasteiger partial charge is 0.223 e. The lowest BCUT2D eigenvalue weighted by Gasteiger charge is -2.15. The summed E-state index contributed by atoms with van der Waals surface area (Å²) >= 11 is 0. The number of nitrogens with two attached hydrogens (primary N) is 1. The van der Waals surface area contributed by atoms with Crippen molar-refractivity contribution in [3.63, 3.8) is 0 Å².